The quantitative estimate of drug-likeness (QED) is 0.126. The minimum Gasteiger partial charge on any atom is -0.385 e. The molecule has 0 rings (SSSR count). The van der Waals surface area contributed by atoms with E-state index in [0.29, 0.717) is 13.0 Å². The third kappa shape index (κ3) is 9.64. The zero-order valence-electron chi connectivity index (χ0n) is 15.5. The number of rotatable bonds is 12. The van der Waals surface area contributed by atoms with E-state index in [1.165, 1.54) is 13.8 Å². The Morgan fingerprint density at radius 2 is 1.72 bits per heavy atom. The Labute approximate surface area is 172 Å². The first kappa shape index (κ1) is 24.4. The topological polar surface area (TPSA) is 87.3 Å². The monoisotopic (exact) mass is 499 g/mol. The fraction of sp³-hybridized carbons (Fsp3) is 0.750. The van der Waals surface area contributed by atoms with E-state index >= 15 is 0 Å². The second kappa shape index (κ2) is 12.7. The highest BCUT2D eigenvalue weighted by atomic mass is 127. The lowest BCUT2D eigenvalue weighted by Crippen LogP contribution is -2.49. The molecule has 0 saturated carbocycles. The molecule has 0 aromatic rings. The molecule has 0 aromatic carbocycles. The van der Waals surface area contributed by atoms with Gasteiger partial charge in [0.25, 0.3) is 0 Å². The SMILES string of the molecule is CCC(CC)([SiH2]NC(=O)C(CCCCNC(C)=O)NC(C)=O)C(=S)I. The van der Waals surface area contributed by atoms with Crippen molar-refractivity contribution in [2.45, 2.75) is 70.9 Å². The van der Waals surface area contributed by atoms with Crippen molar-refractivity contribution < 1.29 is 14.4 Å². The summed E-state index contributed by atoms with van der Waals surface area (Å²) < 4.78 is 0.924. The highest BCUT2D eigenvalue weighted by molar-refractivity contribution is 14.1. The molecule has 1 unspecified atom stereocenters. The van der Waals surface area contributed by atoms with Crippen molar-refractivity contribution in [3.8, 4) is 0 Å². The molecule has 0 fully saturated rings. The number of amides is 3. The molecule has 144 valence electrons. The summed E-state index contributed by atoms with van der Waals surface area (Å²) in [4.78, 5) is 37.9. The van der Waals surface area contributed by atoms with Gasteiger partial charge in [0.05, 0.1) is 2.87 Å². The zero-order chi connectivity index (χ0) is 19.5. The van der Waals surface area contributed by atoms with E-state index in [4.69, 9.17) is 12.2 Å². The molecule has 0 bridgehead atoms. The molecule has 0 spiro atoms. The van der Waals surface area contributed by atoms with Crippen LogP contribution in [0.1, 0.15) is 59.8 Å². The molecule has 6 nitrogen and oxygen atoms in total. The maximum absolute atomic E-state index is 12.5. The van der Waals surface area contributed by atoms with Crippen LogP contribution in [0.15, 0.2) is 0 Å². The van der Waals surface area contributed by atoms with Crippen molar-refractivity contribution in [1.82, 2.24) is 15.6 Å². The Morgan fingerprint density at radius 3 is 2.16 bits per heavy atom. The highest BCUT2D eigenvalue weighted by Gasteiger charge is 2.32. The molecule has 25 heavy (non-hydrogen) atoms. The lowest BCUT2D eigenvalue weighted by atomic mass is 10.1. The summed E-state index contributed by atoms with van der Waals surface area (Å²) in [6.45, 7) is 7.67. The van der Waals surface area contributed by atoms with Gasteiger partial charge in [-0.2, -0.15) is 0 Å². The second-order valence-corrected chi connectivity index (χ2v) is 10.5. The fourth-order valence-electron chi connectivity index (χ4n) is 2.48. The van der Waals surface area contributed by atoms with Crippen molar-refractivity contribution in [2.75, 3.05) is 6.54 Å². The third-order valence-corrected chi connectivity index (χ3v) is 9.47. The average Bonchev–Trinajstić information content (AvgIpc) is 2.53. The Bertz CT molecular complexity index is 487. The van der Waals surface area contributed by atoms with Crippen LogP contribution >= 0.6 is 34.8 Å². The smallest absolute Gasteiger partial charge is 0.234 e. The van der Waals surface area contributed by atoms with E-state index in [0.717, 1.165) is 28.6 Å². The Kier molecular flexibility index (Phi) is 12.5. The van der Waals surface area contributed by atoms with Crippen LogP contribution in [0.25, 0.3) is 0 Å². The number of carbonyl (C=O) groups is 3. The maximum atomic E-state index is 12.5. The molecule has 0 heterocycles. The van der Waals surface area contributed by atoms with Crippen LogP contribution in [0, 0.1) is 0 Å². The van der Waals surface area contributed by atoms with E-state index in [2.05, 4.69) is 52.1 Å². The summed E-state index contributed by atoms with van der Waals surface area (Å²) in [5.41, 5.74) is 0. The van der Waals surface area contributed by atoms with Gasteiger partial charge in [0.15, 0.2) is 0 Å². The molecule has 0 aliphatic carbocycles. The summed E-state index contributed by atoms with van der Waals surface area (Å²) in [5, 5.41) is 5.40. The van der Waals surface area contributed by atoms with Crippen LogP contribution < -0.4 is 15.6 Å². The number of nitrogens with one attached hydrogen (secondary N) is 3. The van der Waals surface area contributed by atoms with E-state index in [1.54, 1.807) is 0 Å². The summed E-state index contributed by atoms with van der Waals surface area (Å²) in [6.07, 6.45) is 3.90. The normalized spacial score (nSPS) is 12.7. The summed E-state index contributed by atoms with van der Waals surface area (Å²) in [5.74, 6) is -0.405. The minimum atomic E-state index is -0.953. The lowest BCUT2D eigenvalue weighted by Gasteiger charge is -2.30. The number of halogens is 1. The highest BCUT2D eigenvalue weighted by Crippen LogP contribution is 2.37. The van der Waals surface area contributed by atoms with Crippen molar-refractivity contribution in [3.63, 3.8) is 0 Å². The average molecular weight is 499 g/mol. The van der Waals surface area contributed by atoms with Crippen LogP contribution in [0.5, 0.6) is 0 Å². The van der Waals surface area contributed by atoms with E-state index < -0.39 is 15.7 Å². The maximum Gasteiger partial charge on any atom is 0.234 e. The fourth-order valence-corrected chi connectivity index (χ4v) is 5.72. The molecule has 0 aliphatic rings. The molecular formula is C16H30IN3O3SSi. The molecule has 0 saturated heterocycles. The summed E-state index contributed by atoms with van der Waals surface area (Å²) >= 11 is 7.59. The molecule has 0 aromatic heterocycles. The first-order valence-electron chi connectivity index (χ1n) is 8.67. The van der Waals surface area contributed by atoms with Crippen LogP contribution in [0.4, 0.5) is 0 Å². The number of hydrogen-bond acceptors (Lipinski definition) is 4. The number of unbranched alkanes of at least 4 members (excludes halogenated alkanes) is 1. The second-order valence-electron chi connectivity index (χ2n) is 6.21. The van der Waals surface area contributed by atoms with Crippen molar-refractivity contribution in [3.05, 3.63) is 0 Å². The zero-order valence-corrected chi connectivity index (χ0v) is 19.9. The van der Waals surface area contributed by atoms with Gasteiger partial charge < -0.3 is 15.6 Å². The van der Waals surface area contributed by atoms with Gasteiger partial charge >= 0.3 is 0 Å². The molecule has 3 N–H and O–H groups in total. The first-order valence-corrected chi connectivity index (χ1v) is 11.6. The van der Waals surface area contributed by atoms with Crippen molar-refractivity contribution >= 4 is 65.1 Å². The predicted octanol–water partition coefficient (Wildman–Crippen LogP) is 1.74. The van der Waals surface area contributed by atoms with Crippen LogP contribution in [0.2, 0.25) is 5.04 Å². The molecular weight excluding hydrogens is 469 g/mol. The van der Waals surface area contributed by atoms with Gasteiger partial charge in [-0.25, -0.2) is 0 Å². The van der Waals surface area contributed by atoms with E-state index in [-0.39, 0.29) is 22.8 Å². The third-order valence-electron chi connectivity index (χ3n) is 4.36. The Balaban J connectivity index is 4.64. The predicted molar refractivity (Wildman–Crippen MR) is 117 cm³/mol. The Morgan fingerprint density at radius 1 is 1.12 bits per heavy atom. The number of thiocarbonyl (C=S) groups is 1. The summed E-state index contributed by atoms with van der Waals surface area (Å²) in [6, 6.07) is -0.531. The van der Waals surface area contributed by atoms with E-state index in [9.17, 15) is 14.4 Å². The number of hydrogen-bond donors (Lipinski definition) is 3. The van der Waals surface area contributed by atoms with Crippen LogP contribution in [-0.2, 0) is 14.4 Å². The first-order chi connectivity index (χ1) is 11.7. The van der Waals surface area contributed by atoms with E-state index in [1.807, 2.05) is 0 Å². The van der Waals surface area contributed by atoms with Gasteiger partial charge in [-0.05, 0) is 54.7 Å². The molecule has 3 amide bonds. The van der Waals surface area contributed by atoms with Gasteiger partial charge in [0.2, 0.25) is 17.7 Å². The van der Waals surface area contributed by atoms with Crippen LogP contribution in [0.3, 0.4) is 0 Å². The van der Waals surface area contributed by atoms with Crippen molar-refractivity contribution in [2.24, 2.45) is 0 Å². The van der Waals surface area contributed by atoms with Gasteiger partial charge in [0, 0.05) is 25.4 Å². The van der Waals surface area contributed by atoms with Crippen LogP contribution in [-0.4, -0.2) is 42.9 Å². The largest absolute Gasteiger partial charge is 0.385 e. The molecule has 0 aliphatic heterocycles. The van der Waals surface area contributed by atoms with Gasteiger partial charge in [-0.1, -0.05) is 26.1 Å². The van der Waals surface area contributed by atoms with Gasteiger partial charge in [0.1, 0.15) is 15.7 Å². The molecule has 1 atom stereocenters. The molecule has 9 heteroatoms. The number of carbonyl (C=O) groups excluding carboxylic acids is 3. The van der Waals surface area contributed by atoms with Gasteiger partial charge in [-0.15, -0.1) is 0 Å². The lowest BCUT2D eigenvalue weighted by molar-refractivity contribution is -0.127. The van der Waals surface area contributed by atoms with Gasteiger partial charge in [-0.3, -0.25) is 14.4 Å². The standard InChI is InChI=1S/C16H30IN3O3SSi/c1-5-16(6-2,15(17)24)25-20-14(23)13(19-12(4)22)9-7-8-10-18-11(3)21/h13H,5-10,25H2,1-4H3,(H,18,21)(H,19,22)(H,20,23). The minimum absolute atomic E-state index is 0.0578. The Hall–Kier alpha value is -0.553. The molecule has 0 radical (unpaired) electrons. The summed E-state index contributed by atoms with van der Waals surface area (Å²) in [7, 11) is -0.953. The van der Waals surface area contributed by atoms with Crippen molar-refractivity contribution in [1.29, 1.82) is 0 Å².